The van der Waals surface area contributed by atoms with Crippen LogP contribution in [0.4, 0.5) is 0 Å². The minimum Gasteiger partial charge on any atom is -0.508 e. The van der Waals surface area contributed by atoms with Gasteiger partial charge in [-0.25, -0.2) is 4.98 Å². The van der Waals surface area contributed by atoms with Gasteiger partial charge in [-0.3, -0.25) is 0 Å². The van der Waals surface area contributed by atoms with Crippen molar-refractivity contribution < 1.29 is 14.4 Å². The van der Waals surface area contributed by atoms with E-state index in [1.165, 1.54) is 0 Å². The van der Waals surface area contributed by atoms with Crippen molar-refractivity contribution in [2.75, 3.05) is 0 Å². The van der Waals surface area contributed by atoms with Gasteiger partial charge in [0.15, 0.2) is 0 Å². The lowest BCUT2D eigenvalue weighted by Crippen LogP contribution is -1.92. The van der Waals surface area contributed by atoms with Crippen LogP contribution in [0.1, 0.15) is 5.56 Å². The van der Waals surface area contributed by atoms with Gasteiger partial charge in [-0.15, -0.1) is 0 Å². The number of para-hydroxylation sites is 1. The zero-order valence-corrected chi connectivity index (χ0v) is 14.0. The highest BCUT2D eigenvalue weighted by Crippen LogP contribution is 2.32. The van der Waals surface area contributed by atoms with Gasteiger partial charge in [-0.2, -0.15) is 4.98 Å². The van der Waals surface area contributed by atoms with E-state index in [4.69, 9.17) is 9.26 Å². The van der Waals surface area contributed by atoms with Crippen LogP contribution in [0.15, 0.2) is 71.4 Å². The third kappa shape index (κ3) is 3.12. The first-order chi connectivity index (χ1) is 12.7. The quantitative estimate of drug-likeness (QED) is 0.582. The van der Waals surface area contributed by atoms with Gasteiger partial charge in [0.2, 0.25) is 11.7 Å². The Labute approximate surface area is 149 Å². The highest BCUT2D eigenvalue weighted by Gasteiger charge is 2.17. The summed E-state index contributed by atoms with van der Waals surface area (Å²) >= 11 is 0. The van der Waals surface area contributed by atoms with Gasteiger partial charge in [0, 0.05) is 11.8 Å². The zero-order chi connectivity index (χ0) is 17.9. The molecule has 0 saturated carbocycles. The summed E-state index contributed by atoms with van der Waals surface area (Å²) < 4.78 is 11.3. The molecule has 0 spiro atoms. The van der Waals surface area contributed by atoms with E-state index in [-0.39, 0.29) is 5.75 Å². The molecule has 0 unspecified atom stereocenters. The highest BCUT2D eigenvalue weighted by molar-refractivity contribution is 5.66. The molecule has 4 aromatic rings. The van der Waals surface area contributed by atoms with Crippen LogP contribution < -0.4 is 4.74 Å². The summed E-state index contributed by atoms with van der Waals surface area (Å²) in [5.74, 6) is 2.01. The SMILES string of the molecule is Cc1cc(O)ccc1-c1nc(-c2cccnc2Oc2ccccc2)no1. The number of hydrogen-bond acceptors (Lipinski definition) is 6. The minimum atomic E-state index is 0.191. The molecule has 0 bridgehead atoms. The predicted molar refractivity (Wildman–Crippen MR) is 95.9 cm³/mol. The number of rotatable bonds is 4. The minimum absolute atomic E-state index is 0.191. The van der Waals surface area contributed by atoms with E-state index in [1.54, 1.807) is 30.5 Å². The van der Waals surface area contributed by atoms with E-state index in [2.05, 4.69) is 15.1 Å². The summed E-state index contributed by atoms with van der Waals surface area (Å²) in [5.41, 5.74) is 2.23. The van der Waals surface area contributed by atoms with E-state index < -0.39 is 0 Å². The van der Waals surface area contributed by atoms with Crippen LogP contribution in [0.25, 0.3) is 22.8 Å². The molecule has 0 aliphatic rings. The van der Waals surface area contributed by atoms with E-state index in [1.807, 2.05) is 43.3 Å². The summed E-state index contributed by atoms with van der Waals surface area (Å²) in [5, 5.41) is 13.6. The first kappa shape index (κ1) is 15.8. The summed E-state index contributed by atoms with van der Waals surface area (Å²) in [6.45, 7) is 1.87. The number of phenolic OH excluding ortho intramolecular Hbond substituents is 1. The molecule has 128 valence electrons. The summed E-state index contributed by atoms with van der Waals surface area (Å²) in [6, 6.07) is 18.0. The Morgan fingerprint density at radius 2 is 1.81 bits per heavy atom. The third-order valence-corrected chi connectivity index (χ3v) is 3.84. The maximum Gasteiger partial charge on any atom is 0.258 e. The molecule has 0 radical (unpaired) electrons. The molecule has 1 N–H and O–H groups in total. The molecule has 4 rings (SSSR count). The van der Waals surface area contributed by atoms with Crippen molar-refractivity contribution in [1.82, 2.24) is 15.1 Å². The molecule has 2 heterocycles. The van der Waals surface area contributed by atoms with Gasteiger partial charge in [-0.05, 0) is 55.0 Å². The molecular weight excluding hydrogens is 330 g/mol. The Bertz CT molecular complexity index is 1050. The number of pyridine rings is 1. The predicted octanol–water partition coefficient (Wildman–Crippen LogP) is 4.60. The second-order valence-electron chi connectivity index (χ2n) is 5.69. The molecule has 6 heteroatoms. The summed E-state index contributed by atoms with van der Waals surface area (Å²) in [6.07, 6.45) is 1.65. The average Bonchev–Trinajstić information content (AvgIpc) is 3.13. The van der Waals surface area contributed by atoms with Gasteiger partial charge >= 0.3 is 0 Å². The molecule has 0 amide bonds. The number of hydrogen-bond donors (Lipinski definition) is 1. The number of aromatic nitrogens is 3. The number of ether oxygens (including phenoxy) is 1. The molecule has 0 aliphatic carbocycles. The normalized spacial score (nSPS) is 10.7. The van der Waals surface area contributed by atoms with E-state index in [0.29, 0.717) is 28.9 Å². The zero-order valence-electron chi connectivity index (χ0n) is 14.0. The number of phenols is 1. The second kappa shape index (κ2) is 6.68. The monoisotopic (exact) mass is 345 g/mol. The number of aromatic hydroxyl groups is 1. The van der Waals surface area contributed by atoms with E-state index in [0.717, 1.165) is 11.1 Å². The first-order valence-electron chi connectivity index (χ1n) is 8.03. The van der Waals surface area contributed by atoms with Crippen LogP contribution >= 0.6 is 0 Å². The number of benzene rings is 2. The fraction of sp³-hybridized carbons (Fsp3) is 0.0500. The van der Waals surface area contributed by atoms with E-state index in [9.17, 15) is 5.11 Å². The van der Waals surface area contributed by atoms with Gasteiger partial charge in [0.25, 0.3) is 5.89 Å². The van der Waals surface area contributed by atoms with Crippen molar-refractivity contribution in [3.05, 3.63) is 72.4 Å². The maximum atomic E-state index is 9.55. The van der Waals surface area contributed by atoms with Crippen molar-refractivity contribution in [2.45, 2.75) is 6.92 Å². The van der Waals surface area contributed by atoms with Crippen LogP contribution in [-0.2, 0) is 0 Å². The first-order valence-corrected chi connectivity index (χ1v) is 8.03. The fourth-order valence-electron chi connectivity index (χ4n) is 2.57. The molecular formula is C20H15N3O3. The Balaban J connectivity index is 1.70. The maximum absolute atomic E-state index is 9.55. The van der Waals surface area contributed by atoms with E-state index >= 15 is 0 Å². The van der Waals surface area contributed by atoms with Crippen molar-refractivity contribution >= 4 is 0 Å². The van der Waals surface area contributed by atoms with Gasteiger partial charge in [0.05, 0.1) is 5.56 Å². The van der Waals surface area contributed by atoms with Crippen LogP contribution in [0, 0.1) is 6.92 Å². The standard InChI is InChI=1S/C20H15N3O3/c1-13-12-14(24)9-10-16(13)20-22-18(23-26-20)17-8-5-11-21-19(17)25-15-6-3-2-4-7-15/h2-12,24H,1H3. The Morgan fingerprint density at radius 1 is 0.962 bits per heavy atom. The average molecular weight is 345 g/mol. The number of nitrogens with zero attached hydrogens (tertiary/aromatic N) is 3. The lowest BCUT2D eigenvalue weighted by molar-refractivity contribution is 0.430. The Hall–Kier alpha value is -3.67. The largest absolute Gasteiger partial charge is 0.508 e. The smallest absolute Gasteiger partial charge is 0.258 e. The van der Waals surface area contributed by atoms with Gasteiger partial charge in [-0.1, -0.05) is 23.4 Å². The van der Waals surface area contributed by atoms with Crippen molar-refractivity contribution in [3.63, 3.8) is 0 Å². The van der Waals surface area contributed by atoms with Crippen molar-refractivity contribution in [2.24, 2.45) is 0 Å². The summed E-state index contributed by atoms with van der Waals surface area (Å²) in [7, 11) is 0. The summed E-state index contributed by atoms with van der Waals surface area (Å²) in [4.78, 5) is 8.75. The Kier molecular flexibility index (Phi) is 4.07. The van der Waals surface area contributed by atoms with Crippen LogP contribution in [0.5, 0.6) is 17.4 Å². The second-order valence-corrected chi connectivity index (χ2v) is 5.69. The lowest BCUT2D eigenvalue weighted by Gasteiger charge is -2.07. The third-order valence-electron chi connectivity index (χ3n) is 3.84. The van der Waals surface area contributed by atoms with Crippen molar-refractivity contribution in [3.8, 4) is 40.2 Å². The molecule has 26 heavy (non-hydrogen) atoms. The molecule has 2 aromatic heterocycles. The molecule has 0 fully saturated rings. The highest BCUT2D eigenvalue weighted by atomic mass is 16.5. The van der Waals surface area contributed by atoms with Gasteiger partial charge < -0.3 is 14.4 Å². The number of aryl methyl sites for hydroxylation is 1. The topological polar surface area (TPSA) is 81.3 Å². The Morgan fingerprint density at radius 3 is 2.62 bits per heavy atom. The lowest BCUT2D eigenvalue weighted by atomic mass is 10.1. The van der Waals surface area contributed by atoms with Crippen LogP contribution in [0.3, 0.4) is 0 Å². The molecule has 6 nitrogen and oxygen atoms in total. The molecule has 2 aromatic carbocycles. The van der Waals surface area contributed by atoms with Crippen LogP contribution in [0.2, 0.25) is 0 Å². The molecule has 0 atom stereocenters. The van der Waals surface area contributed by atoms with Gasteiger partial charge in [0.1, 0.15) is 11.5 Å². The molecule has 0 saturated heterocycles. The molecule has 0 aliphatic heterocycles. The van der Waals surface area contributed by atoms with Crippen LogP contribution in [-0.4, -0.2) is 20.2 Å². The van der Waals surface area contributed by atoms with Crippen molar-refractivity contribution in [1.29, 1.82) is 0 Å². The fourth-order valence-corrected chi connectivity index (χ4v) is 2.57.